The van der Waals surface area contributed by atoms with Crippen LogP contribution in [0.25, 0.3) is 126 Å². The van der Waals surface area contributed by atoms with Gasteiger partial charge in [-0.15, -0.1) is 11.3 Å². The summed E-state index contributed by atoms with van der Waals surface area (Å²) in [6.07, 6.45) is 3.41. The maximum atomic E-state index is 2.51. The molecule has 12 aromatic carbocycles. The van der Waals surface area contributed by atoms with Crippen molar-refractivity contribution in [1.82, 2.24) is 4.57 Å². The van der Waals surface area contributed by atoms with Crippen LogP contribution in [0.4, 0.5) is 0 Å². The predicted octanol–water partition coefficient (Wildman–Crippen LogP) is 20.7. The first kappa shape index (κ1) is 44.2. The van der Waals surface area contributed by atoms with Crippen molar-refractivity contribution < 1.29 is 0 Å². The van der Waals surface area contributed by atoms with Crippen molar-refractivity contribution in [1.29, 1.82) is 0 Å². The molecule has 0 radical (unpaired) electrons. The van der Waals surface area contributed by atoms with Crippen LogP contribution in [0.2, 0.25) is 0 Å². The normalized spacial score (nSPS) is 13.4. The molecule has 1 aliphatic carbocycles. The van der Waals surface area contributed by atoms with E-state index >= 15 is 0 Å². The minimum absolute atomic E-state index is 0.145. The van der Waals surface area contributed by atoms with E-state index in [9.17, 15) is 0 Å². The van der Waals surface area contributed by atoms with E-state index in [2.05, 4.69) is 284 Å². The molecule has 0 saturated heterocycles. The van der Waals surface area contributed by atoms with Crippen LogP contribution >= 0.6 is 11.3 Å². The molecule has 1 nitrogen and oxygen atoms in total. The largest absolute Gasteiger partial charge is 0.309 e. The van der Waals surface area contributed by atoms with Gasteiger partial charge in [0.25, 0.3) is 0 Å². The second-order valence-corrected chi connectivity index (χ2v) is 21.3. The molecule has 1 aliphatic rings. The number of allylic oxidation sites excluding steroid dienone is 1. The summed E-state index contributed by atoms with van der Waals surface area (Å²) in [6, 6.07) is 101. The summed E-state index contributed by atoms with van der Waals surface area (Å²) in [7, 11) is 0. The Labute approximate surface area is 446 Å². The number of benzene rings is 12. The maximum Gasteiger partial charge on any atom is 0.0544 e. The number of aromatic nitrogens is 1. The van der Waals surface area contributed by atoms with Crippen LogP contribution in [0.3, 0.4) is 0 Å². The molecule has 2 aromatic heterocycles. The first-order chi connectivity index (χ1) is 37.7. The first-order valence-corrected chi connectivity index (χ1v) is 27.2. The molecule has 0 fully saturated rings. The van der Waals surface area contributed by atoms with Crippen molar-refractivity contribution in [2.24, 2.45) is 0 Å². The van der Waals surface area contributed by atoms with Crippen LogP contribution in [0.1, 0.15) is 33.9 Å². The zero-order chi connectivity index (χ0) is 50.1. The van der Waals surface area contributed by atoms with E-state index in [4.69, 9.17) is 0 Å². The SMILES string of the molecule is C1=C(c2ccccc2)CC(c2ccc3c4ccccc4n(-c4cccc(-c5ccc6c(-c7ccccc7)c7ccccc7c(-c7ccccc7)c6c5)c4)c3c2)c2sc3c(-c4ccccc4)cc(-c4ccccc4)cc3c21. The molecule has 1 unspecified atom stereocenters. The van der Waals surface area contributed by atoms with Gasteiger partial charge in [-0.2, -0.15) is 0 Å². The van der Waals surface area contributed by atoms with E-state index in [-0.39, 0.29) is 5.92 Å². The first-order valence-electron chi connectivity index (χ1n) is 26.4. The Morgan fingerprint density at radius 1 is 0.329 bits per heavy atom. The van der Waals surface area contributed by atoms with Crippen molar-refractivity contribution in [3.05, 3.63) is 295 Å². The lowest BCUT2D eigenvalue weighted by Gasteiger charge is -2.24. The van der Waals surface area contributed by atoms with E-state index in [1.54, 1.807) is 0 Å². The number of fused-ring (bicyclic) bond motifs is 8. The molecular formula is C74H49NS. The van der Waals surface area contributed by atoms with Crippen LogP contribution in [0.5, 0.6) is 0 Å². The van der Waals surface area contributed by atoms with Crippen molar-refractivity contribution in [2.45, 2.75) is 12.3 Å². The van der Waals surface area contributed by atoms with Crippen molar-refractivity contribution in [2.75, 3.05) is 0 Å². The van der Waals surface area contributed by atoms with Crippen molar-refractivity contribution in [3.63, 3.8) is 0 Å². The molecule has 14 aromatic rings. The fraction of sp³-hybridized carbons (Fsp3) is 0.0270. The van der Waals surface area contributed by atoms with Gasteiger partial charge in [0, 0.05) is 42.9 Å². The highest BCUT2D eigenvalue weighted by atomic mass is 32.1. The highest BCUT2D eigenvalue weighted by Crippen LogP contribution is 2.52. The van der Waals surface area contributed by atoms with E-state index < -0.39 is 0 Å². The summed E-state index contributed by atoms with van der Waals surface area (Å²) in [5, 5.41) is 8.85. The third kappa shape index (κ3) is 7.36. The molecule has 356 valence electrons. The summed E-state index contributed by atoms with van der Waals surface area (Å²) >= 11 is 1.98. The highest BCUT2D eigenvalue weighted by Gasteiger charge is 2.30. The molecule has 0 N–H and O–H groups in total. The number of rotatable bonds is 8. The third-order valence-corrected chi connectivity index (χ3v) is 17.3. The molecule has 0 spiro atoms. The highest BCUT2D eigenvalue weighted by molar-refractivity contribution is 7.20. The minimum atomic E-state index is 0.145. The Morgan fingerprint density at radius 3 is 1.53 bits per heavy atom. The molecule has 0 aliphatic heterocycles. The molecule has 0 amide bonds. The molecular weight excluding hydrogens is 935 g/mol. The quantitative estimate of drug-likeness (QED) is 0.134. The van der Waals surface area contributed by atoms with Gasteiger partial charge in [-0.05, 0) is 149 Å². The second-order valence-electron chi connectivity index (χ2n) is 20.3. The number of thiophene rings is 1. The summed E-state index contributed by atoms with van der Waals surface area (Å²) in [5.74, 6) is 0.145. The lowest BCUT2D eigenvalue weighted by atomic mass is 9.80. The Morgan fingerprint density at radius 2 is 0.842 bits per heavy atom. The summed E-state index contributed by atoms with van der Waals surface area (Å²) in [4.78, 5) is 1.43. The van der Waals surface area contributed by atoms with Gasteiger partial charge in [0.15, 0.2) is 0 Å². The monoisotopic (exact) mass is 983 g/mol. The summed E-state index contributed by atoms with van der Waals surface area (Å²) in [6.45, 7) is 0. The lowest BCUT2D eigenvalue weighted by molar-refractivity contribution is 0.854. The van der Waals surface area contributed by atoms with Gasteiger partial charge in [0.1, 0.15) is 0 Å². The maximum absolute atomic E-state index is 2.51. The van der Waals surface area contributed by atoms with Gasteiger partial charge in [0.05, 0.1) is 11.0 Å². The molecule has 2 heteroatoms. The number of para-hydroxylation sites is 1. The average Bonchev–Trinajstić information content (AvgIpc) is 4.10. The van der Waals surface area contributed by atoms with Gasteiger partial charge < -0.3 is 4.57 Å². The Bertz CT molecular complexity index is 4570. The minimum Gasteiger partial charge on any atom is -0.309 e. The molecule has 15 rings (SSSR count). The second kappa shape index (κ2) is 18.2. The topological polar surface area (TPSA) is 4.93 Å². The summed E-state index contributed by atoms with van der Waals surface area (Å²) < 4.78 is 3.85. The Hall–Kier alpha value is -9.34. The average molecular weight is 984 g/mol. The van der Waals surface area contributed by atoms with Gasteiger partial charge in [0.2, 0.25) is 0 Å². The van der Waals surface area contributed by atoms with Crippen LogP contribution < -0.4 is 0 Å². The standard InChI is InChI=1S/C74H49NS/c1-6-21-48(22-7-1)56-43-64(50-25-10-3-11-26-50)73-67(45-56)68-46-57(49-23-8-2-9-24-49)44-65(74(68)76-73)55-38-39-60-59-33-18-19-36-69(59)75(70(60)47-55)58-32-20-31-53(41-58)54-37-40-63-66(42-54)72(52-29-14-5-15-30-52)62-35-17-16-34-61(62)71(63)51-27-12-4-13-28-51/h1-43,45-47,65H,44H2. The smallest absolute Gasteiger partial charge is 0.0544 e. The lowest BCUT2D eigenvalue weighted by Crippen LogP contribution is -2.07. The predicted molar refractivity (Wildman–Crippen MR) is 326 cm³/mol. The van der Waals surface area contributed by atoms with Crippen LogP contribution in [0, 0.1) is 0 Å². The Kier molecular flexibility index (Phi) is 10.6. The van der Waals surface area contributed by atoms with Crippen LogP contribution in [-0.4, -0.2) is 4.57 Å². The van der Waals surface area contributed by atoms with Crippen LogP contribution in [-0.2, 0) is 0 Å². The number of nitrogens with zero attached hydrogens (tertiary/aromatic N) is 1. The molecule has 0 saturated carbocycles. The molecule has 76 heavy (non-hydrogen) atoms. The third-order valence-electron chi connectivity index (χ3n) is 15.9. The summed E-state index contributed by atoms with van der Waals surface area (Å²) in [5.41, 5.74) is 21.2. The van der Waals surface area contributed by atoms with E-state index in [1.807, 2.05) is 11.3 Å². The van der Waals surface area contributed by atoms with E-state index in [0.29, 0.717) is 0 Å². The number of hydrogen-bond acceptors (Lipinski definition) is 1. The van der Waals surface area contributed by atoms with Gasteiger partial charge in [-0.1, -0.05) is 231 Å². The number of hydrogen-bond donors (Lipinski definition) is 0. The van der Waals surface area contributed by atoms with Crippen molar-refractivity contribution in [3.8, 4) is 61.3 Å². The Balaban J connectivity index is 0.915. The fourth-order valence-electron chi connectivity index (χ4n) is 12.4. The fourth-order valence-corrected chi connectivity index (χ4v) is 13.9. The van der Waals surface area contributed by atoms with Gasteiger partial charge in [-0.25, -0.2) is 0 Å². The van der Waals surface area contributed by atoms with Crippen LogP contribution in [0.15, 0.2) is 273 Å². The van der Waals surface area contributed by atoms with Gasteiger partial charge >= 0.3 is 0 Å². The zero-order valence-corrected chi connectivity index (χ0v) is 42.5. The van der Waals surface area contributed by atoms with Gasteiger partial charge in [-0.3, -0.25) is 0 Å². The molecule has 2 heterocycles. The molecule has 0 bridgehead atoms. The van der Waals surface area contributed by atoms with E-state index in [1.165, 1.54) is 136 Å². The molecule has 1 atom stereocenters. The zero-order valence-electron chi connectivity index (χ0n) is 41.7. The van der Waals surface area contributed by atoms with E-state index in [0.717, 1.165) is 12.1 Å². The van der Waals surface area contributed by atoms with Crippen molar-refractivity contribution >= 4 is 76.4 Å².